The second kappa shape index (κ2) is 3.82. The zero-order chi connectivity index (χ0) is 11.9. The van der Waals surface area contributed by atoms with Crippen molar-refractivity contribution in [1.29, 1.82) is 0 Å². The van der Waals surface area contributed by atoms with Crippen LogP contribution in [0.15, 0.2) is 65.4 Å². The highest BCUT2D eigenvalue weighted by atomic mass is 32.1. The monoisotopic (exact) mass is 248 g/mol. The summed E-state index contributed by atoms with van der Waals surface area (Å²) in [6, 6.07) is 19.8. The summed E-state index contributed by atoms with van der Waals surface area (Å²) in [7, 11) is 0. The van der Waals surface area contributed by atoms with Gasteiger partial charge in [-0.2, -0.15) is 11.3 Å². The van der Waals surface area contributed by atoms with Gasteiger partial charge < -0.3 is 0 Å². The zero-order valence-electron chi connectivity index (χ0n) is 9.84. The SMILES string of the molecule is c1ccc2c(c1)-c1ccccc1C2c1ccsc1. The Labute approximate surface area is 111 Å². The van der Waals surface area contributed by atoms with E-state index < -0.39 is 0 Å². The summed E-state index contributed by atoms with van der Waals surface area (Å²) in [5.74, 6) is 0.420. The molecule has 0 bridgehead atoms. The molecule has 0 nitrogen and oxygen atoms in total. The van der Waals surface area contributed by atoms with Crippen molar-refractivity contribution >= 4 is 11.3 Å². The van der Waals surface area contributed by atoms with E-state index in [2.05, 4.69) is 65.4 Å². The van der Waals surface area contributed by atoms with Crippen molar-refractivity contribution in [3.63, 3.8) is 0 Å². The van der Waals surface area contributed by atoms with Gasteiger partial charge in [0.2, 0.25) is 0 Å². The number of benzene rings is 2. The van der Waals surface area contributed by atoms with E-state index in [9.17, 15) is 0 Å². The smallest absolute Gasteiger partial charge is 0.0360 e. The van der Waals surface area contributed by atoms with Crippen LogP contribution in [0, 0.1) is 0 Å². The van der Waals surface area contributed by atoms with Gasteiger partial charge in [-0.1, -0.05) is 48.5 Å². The van der Waals surface area contributed by atoms with Crippen molar-refractivity contribution in [2.24, 2.45) is 0 Å². The summed E-state index contributed by atoms with van der Waals surface area (Å²) in [6.45, 7) is 0. The fourth-order valence-corrected chi connectivity index (χ4v) is 3.64. The first kappa shape index (κ1) is 10.1. The van der Waals surface area contributed by atoms with Crippen LogP contribution in [0.4, 0.5) is 0 Å². The van der Waals surface area contributed by atoms with Gasteiger partial charge in [0, 0.05) is 5.92 Å². The van der Waals surface area contributed by atoms with Crippen LogP contribution in [0.3, 0.4) is 0 Å². The van der Waals surface area contributed by atoms with Crippen molar-refractivity contribution in [2.45, 2.75) is 5.92 Å². The lowest BCUT2D eigenvalue weighted by molar-refractivity contribution is 1.02. The van der Waals surface area contributed by atoms with Gasteiger partial charge >= 0.3 is 0 Å². The second-order valence-corrected chi connectivity index (χ2v) is 5.44. The summed E-state index contributed by atoms with van der Waals surface area (Å²) in [5, 5.41) is 4.43. The molecule has 18 heavy (non-hydrogen) atoms. The number of hydrogen-bond acceptors (Lipinski definition) is 1. The van der Waals surface area contributed by atoms with Gasteiger partial charge in [-0.15, -0.1) is 0 Å². The van der Waals surface area contributed by atoms with E-state index >= 15 is 0 Å². The minimum Gasteiger partial charge on any atom is -0.152 e. The van der Waals surface area contributed by atoms with E-state index in [0.717, 1.165) is 0 Å². The average molecular weight is 248 g/mol. The third-order valence-corrected chi connectivity index (χ3v) is 4.41. The van der Waals surface area contributed by atoms with Gasteiger partial charge in [0.25, 0.3) is 0 Å². The summed E-state index contributed by atoms with van der Waals surface area (Å²) >= 11 is 1.78. The van der Waals surface area contributed by atoms with Crippen LogP contribution >= 0.6 is 11.3 Å². The molecule has 0 radical (unpaired) electrons. The van der Waals surface area contributed by atoms with Gasteiger partial charge in [0.1, 0.15) is 0 Å². The summed E-state index contributed by atoms with van der Waals surface area (Å²) in [6.07, 6.45) is 0. The van der Waals surface area contributed by atoms with Gasteiger partial charge in [-0.05, 0) is 44.6 Å². The Morgan fingerprint density at radius 1 is 0.722 bits per heavy atom. The van der Waals surface area contributed by atoms with Gasteiger partial charge in [-0.25, -0.2) is 0 Å². The molecule has 1 heteroatoms. The maximum atomic E-state index is 2.27. The Kier molecular flexibility index (Phi) is 2.14. The van der Waals surface area contributed by atoms with Crippen LogP contribution in [0.25, 0.3) is 11.1 Å². The first-order chi connectivity index (χ1) is 8.95. The van der Waals surface area contributed by atoms with Gasteiger partial charge in [0.05, 0.1) is 0 Å². The van der Waals surface area contributed by atoms with Crippen molar-refractivity contribution in [2.75, 3.05) is 0 Å². The number of rotatable bonds is 1. The van der Waals surface area contributed by atoms with E-state index in [-0.39, 0.29) is 0 Å². The molecular weight excluding hydrogens is 236 g/mol. The molecule has 0 N–H and O–H groups in total. The van der Waals surface area contributed by atoms with E-state index in [4.69, 9.17) is 0 Å². The quantitative estimate of drug-likeness (QED) is 0.449. The molecule has 0 saturated carbocycles. The van der Waals surface area contributed by atoms with Crippen LogP contribution in [-0.2, 0) is 0 Å². The Morgan fingerprint density at radius 2 is 1.33 bits per heavy atom. The lowest BCUT2D eigenvalue weighted by Crippen LogP contribution is -1.96. The Hall–Kier alpha value is -1.86. The van der Waals surface area contributed by atoms with Crippen LogP contribution in [0.5, 0.6) is 0 Å². The van der Waals surface area contributed by atoms with Crippen molar-refractivity contribution in [1.82, 2.24) is 0 Å². The van der Waals surface area contributed by atoms with E-state index in [1.165, 1.54) is 27.8 Å². The fraction of sp³-hybridized carbons (Fsp3) is 0.0588. The van der Waals surface area contributed by atoms with Gasteiger partial charge in [0.15, 0.2) is 0 Å². The Bertz CT molecular complexity index is 650. The maximum Gasteiger partial charge on any atom is 0.0360 e. The second-order valence-electron chi connectivity index (χ2n) is 4.66. The average Bonchev–Trinajstić information content (AvgIpc) is 3.03. The molecule has 0 spiro atoms. The Morgan fingerprint density at radius 3 is 1.89 bits per heavy atom. The molecule has 4 rings (SSSR count). The van der Waals surface area contributed by atoms with Crippen LogP contribution in [0.1, 0.15) is 22.6 Å². The van der Waals surface area contributed by atoms with Gasteiger partial charge in [-0.3, -0.25) is 0 Å². The molecule has 0 aliphatic heterocycles. The molecule has 0 fully saturated rings. The highest BCUT2D eigenvalue weighted by Crippen LogP contribution is 2.47. The molecule has 1 aromatic heterocycles. The lowest BCUT2D eigenvalue weighted by Gasteiger charge is -2.11. The minimum absolute atomic E-state index is 0.420. The predicted octanol–water partition coefficient (Wildman–Crippen LogP) is 4.91. The highest BCUT2D eigenvalue weighted by molar-refractivity contribution is 7.08. The zero-order valence-corrected chi connectivity index (χ0v) is 10.7. The normalized spacial score (nSPS) is 13.3. The summed E-state index contributed by atoms with van der Waals surface area (Å²) < 4.78 is 0. The third-order valence-electron chi connectivity index (χ3n) is 3.71. The maximum absolute atomic E-state index is 2.27. The molecule has 2 aromatic carbocycles. The first-order valence-electron chi connectivity index (χ1n) is 6.15. The van der Waals surface area contributed by atoms with Crippen molar-refractivity contribution < 1.29 is 0 Å². The molecule has 0 saturated heterocycles. The summed E-state index contributed by atoms with van der Waals surface area (Å²) in [4.78, 5) is 0. The largest absolute Gasteiger partial charge is 0.152 e. The summed E-state index contributed by atoms with van der Waals surface area (Å²) in [5.41, 5.74) is 7.08. The van der Waals surface area contributed by atoms with E-state index in [1.54, 1.807) is 11.3 Å². The Balaban J connectivity index is 2.04. The van der Waals surface area contributed by atoms with E-state index in [0.29, 0.717) is 5.92 Å². The molecular formula is C17H12S. The number of fused-ring (bicyclic) bond motifs is 3. The standard InChI is InChI=1S/C17H12S/c1-3-7-15-13(5-1)14-6-2-4-8-16(14)17(15)12-9-10-18-11-12/h1-11,17H. The molecule has 1 heterocycles. The van der Waals surface area contributed by atoms with E-state index in [1.807, 2.05) is 0 Å². The number of hydrogen-bond donors (Lipinski definition) is 0. The molecule has 86 valence electrons. The highest BCUT2D eigenvalue weighted by Gasteiger charge is 2.29. The fourth-order valence-electron chi connectivity index (χ4n) is 2.95. The lowest BCUT2D eigenvalue weighted by atomic mass is 9.91. The number of thiophene rings is 1. The third kappa shape index (κ3) is 1.31. The molecule has 0 amide bonds. The topological polar surface area (TPSA) is 0 Å². The molecule has 3 aromatic rings. The molecule has 0 atom stereocenters. The molecule has 0 unspecified atom stereocenters. The van der Waals surface area contributed by atoms with Crippen LogP contribution in [-0.4, -0.2) is 0 Å². The van der Waals surface area contributed by atoms with Crippen LogP contribution < -0.4 is 0 Å². The minimum atomic E-state index is 0.420. The molecule has 1 aliphatic carbocycles. The van der Waals surface area contributed by atoms with Crippen molar-refractivity contribution in [3.8, 4) is 11.1 Å². The predicted molar refractivity (Wildman–Crippen MR) is 77.1 cm³/mol. The first-order valence-corrected chi connectivity index (χ1v) is 7.10. The van der Waals surface area contributed by atoms with Crippen LogP contribution in [0.2, 0.25) is 0 Å². The molecule has 1 aliphatic rings. The van der Waals surface area contributed by atoms with Crippen molar-refractivity contribution in [3.05, 3.63) is 82.0 Å².